The Hall–Kier alpha value is -3.32. The first-order valence-corrected chi connectivity index (χ1v) is 10.8. The van der Waals surface area contributed by atoms with Crippen molar-refractivity contribution in [1.82, 2.24) is 10.3 Å². The molecule has 2 N–H and O–H groups in total. The van der Waals surface area contributed by atoms with Crippen LogP contribution in [0.2, 0.25) is 0 Å². The molecule has 0 saturated carbocycles. The molecule has 0 radical (unpaired) electrons. The molecule has 0 atom stereocenters. The van der Waals surface area contributed by atoms with Crippen molar-refractivity contribution < 1.29 is 14.3 Å². The maximum Gasteiger partial charge on any atom is 0.407 e. The molecule has 2 aromatic carbocycles. The van der Waals surface area contributed by atoms with Gasteiger partial charge in [-0.3, -0.25) is 4.79 Å². The average molecular weight is 437 g/mol. The van der Waals surface area contributed by atoms with E-state index in [9.17, 15) is 9.59 Å². The number of carbonyl (C=O) groups excluding carboxylic acids is 1. The quantitative estimate of drug-likeness (QED) is 0.446. The molecular weight excluding hydrogens is 412 g/mol. The molecule has 6 nitrogen and oxygen atoms in total. The number of methoxy groups -OCH3 is 1. The summed E-state index contributed by atoms with van der Waals surface area (Å²) in [5.41, 5.74) is 2.98. The van der Waals surface area contributed by atoms with E-state index in [1.165, 1.54) is 11.3 Å². The third kappa shape index (κ3) is 4.27. The van der Waals surface area contributed by atoms with E-state index in [4.69, 9.17) is 9.47 Å². The number of hydrogen-bond acceptors (Lipinski definition) is 5. The van der Waals surface area contributed by atoms with Gasteiger partial charge in [-0.05, 0) is 55.5 Å². The second-order valence-electron chi connectivity index (χ2n) is 8.24. The van der Waals surface area contributed by atoms with Gasteiger partial charge in [0, 0.05) is 28.4 Å². The Balaban J connectivity index is 1.71. The number of hydrogen-bond donors (Lipinski definition) is 2. The Bertz CT molecular complexity index is 1310. The first kappa shape index (κ1) is 20.9. The van der Waals surface area contributed by atoms with Gasteiger partial charge in [0.15, 0.2) is 0 Å². The number of rotatable bonds is 4. The normalized spacial score (nSPS) is 11.6. The average Bonchev–Trinajstić information content (AvgIpc) is 3.21. The van der Waals surface area contributed by atoms with E-state index >= 15 is 0 Å². The van der Waals surface area contributed by atoms with Gasteiger partial charge in [0.1, 0.15) is 16.1 Å². The fourth-order valence-corrected chi connectivity index (χ4v) is 4.36. The lowest BCUT2D eigenvalue weighted by Crippen LogP contribution is -2.32. The standard InChI is InChI=1S/C24H24N2O4S/c1-24(2,3)30-23(28)25-13-14-5-7-15(8-6-14)19-18(29-4)10-9-17-20(19)16-11-12-31-21(16)22(27)26-17/h5-12H,13H2,1-4H3,(H,25,28)(H,26,27). The van der Waals surface area contributed by atoms with Crippen molar-refractivity contribution in [3.63, 3.8) is 0 Å². The Labute approximate surface area is 183 Å². The minimum Gasteiger partial charge on any atom is -0.496 e. The highest BCUT2D eigenvalue weighted by Crippen LogP contribution is 2.40. The second kappa shape index (κ2) is 8.07. The van der Waals surface area contributed by atoms with Crippen LogP contribution in [-0.4, -0.2) is 23.8 Å². The summed E-state index contributed by atoms with van der Waals surface area (Å²) < 4.78 is 11.6. The summed E-state index contributed by atoms with van der Waals surface area (Å²) in [6.45, 7) is 5.85. The summed E-state index contributed by atoms with van der Waals surface area (Å²) in [5, 5.41) is 6.56. The van der Waals surface area contributed by atoms with Crippen LogP contribution in [0.3, 0.4) is 0 Å². The Morgan fingerprint density at radius 1 is 1.10 bits per heavy atom. The van der Waals surface area contributed by atoms with Gasteiger partial charge in [-0.25, -0.2) is 4.79 Å². The number of thiophene rings is 1. The van der Waals surface area contributed by atoms with Gasteiger partial charge in [-0.15, -0.1) is 11.3 Å². The van der Waals surface area contributed by atoms with Gasteiger partial charge in [-0.1, -0.05) is 24.3 Å². The van der Waals surface area contributed by atoms with Crippen molar-refractivity contribution in [2.45, 2.75) is 32.9 Å². The molecular formula is C24H24N2O4S. The van der Waals surface area contributed by atoms with Crippen LogP contribution in [0.5, 0.6) is 5.75 Å². The number of benzene rings is 2. The fraction of sp³-hybridized carbons (Fsp3) is 0.250. The number of nitrogens with one attached hydrogen (secondary N) is 2. The number of ether oxygens (including phenoxy) is 2. The van der Waals surface area contributed by atoms with Gasteiger partial charge >= 0.3 is 6.09 Å². The SMILES string of the molecule is COc1ccc2[nH]c(=O)c3sccc3c2c1-c1ccc(CNC(=O)OC(C)(C)C)cc1. The molecule has 0 unspecified atom stereocenters. The minimum absolute atomic E-state index is 0.0859. The zero-order chi connectivity index (χ0) is 22.2. The van der Waals surface area contributed by atoms with Gasteiger partial charge in [0.05, 0.1) is 7.11 Å². The predicted octanol–water partition coefficient (Wildman–Crippen LogP) is 5.44. The van der Waals surface area contributed by atoms with Crippen LogP contribution in [0.15, 0.2) is 52.6 Å². The topological polar surface area (TPSA) is 80.4 Å². The Morgan fingerprint density at radius 2 is 1.84 bits per heavy atom. The summed E-state index contributed by atoms with van der Waals surface area (Å²) >= 11 is 1.42. The summed E-state index contributed by atoms with van der Waals surface area (Å²) in [6.07, 6.45) is -0.448. The van der Waals surface area contributed by atoms with Crippen LogP contribution in [0.1, 0.15) is 26.3 Å². The number of carbonyl (C=O) groups is 1. The van der Waals surface area contributed by atoms with Gasteiger partial charge in [0.2, 0.25) is 0 Å². The smallest absolute Gasteiger partial charge is 0.407 e. The van der Waals surface area contributed by atoms with Crippen LogP contribution in [0, 0.1) is 0 Å². The monoisotopic (exact) mass is 436 g/mol. The van der Waals surface area contributed by atoms with Crippen LogP contribution in [0.4, 0.5) is 4.79 Å². The van der Waals surface area contributed by atoms with Crippen molar-refractivity contribution >= 4 is 38.4 Å². The van der Waals surface area contributed by atoms with Crippen LogP contribution in [0.25, 0.3) is 32.1 Å². The van der Waals surface area contributed by atoms with Crippen molar-refractivity contribution in [3.05, 3.63) is 63.8 Å². The number of fused-ring (bicyclic) bond motifs is 3. The number of aromatic nitrogens is 1. The lowest BCUT2D eigenvalue weighted by molar-refractivity contribution is 0.0523. The summed E-state index contributed by atoms with van der Waals surface area (Å²) in [4.78, 5) is 27.3. The molecule has 4 aromatic rings. The van der Waals surface area contributed by atoms with E-state index in [-0.39, 0.29) is 5.56 Å². The first-order chi connectivity index (χ1) is 14.8. The fourth-order valence-electron chi connectivity index (χ4n) is 3.56. The Kier molecular flexibility index (Phi) is 5.45. The largest absolute Gasteiger partial charge is 0.496 e. The first-order valence-electron chi connectivity index (χ1n) is 9.93. The van der Waals surface area contributed by atoms with Crippen LogP contribution in [-0.2, 0) is 11.3 Å². The highest BCUT2D eigenvalue weighted by Gasteiger charge is 2.17. The van der Waals surface area contributed by atoms with Crippen molar-refractivity contribution in [1.29, 1.82) is 0 Å². The molecule has 7 heteroatoms. The maximum atomic E-state index is 12.4. The molecule has 0 spiro atoms. The number of amides is 1. The molecule has 4 rings (SSSR count). The van der Waals surface area contributed by atoms with Crippen molar-refractivity contribution in [2.24, 2.45) is 0 Å². The highest BCUT2D eigenvalue weighted by atomic mass is 32.1. The van der Waals surface area contributed by atoms with Gasteiger partial charge in [0.25, 0.3) is 5.56 Å². The molecule has 1 amide bonds. The third-order valence-corrected chi connectivity index (χ3v) is 5.77. The molecule has 0 aliphatic carbocycles. The second-order valence-corrected chi connectivity index (χ2v) is 9.15. The number of pyridine rings is 1. The third-order valence-electron chi connectivity index (χ3n) is 4.85. The Morgan fingerprint density at radius 3 is 2.52 bits per heavy atom. The summed E-state index contributed by atoms with van der Waals surface area (Å²) in [5.74, 6) is 0.728. The maximum absolute atomic E-state index is 12.4. The number of alkyl carbamates (subject to hydrolysis) is 1. The molecule has 0 bridgehead atoms. The molecule has 0 aliphatic heterocycles. The zero-order valence-electron chi connectivity index (χ0n) is 17.9. The predicted molar refractivity (Wildman–Crippen MR) is 125 cm³/mol. The van der Waals surface area contributed by atoms with E-state index in [0.717, 1.165) is 38.7 Å². The molecule has 160 valence electrons. The molecule has 31 heavy (non-hydrogen) atoms. The molecule has 0 saturated heterocycles. The van der Waals surface area contributed by atoms with Crippen LogP contribution >= 0.6 is 11.3 Å². The summed E-state index contributed by atoms with van der Waals surface area (Å²) in [7, 11) is 1.64. The lowest BCUT2D eigenvalue weighted by Gasteiger charge is -2.19. The van der Waals surface area contributed by atoms with Crippen molar-refractivity contribution in [2.75, 3.05) is 7.11 Å². The summed E-state index contributed by atoms with van der Waals surface area (Å²) in [6, 6.07) is 13.6. The van der Waals surface area contributed by atoms with E-state index in [1.54, 1.807) is 7.11 Å². The lowest BCUT2D eigenvalue weighted by atomic mass is 9.96. The molecule has 2 heterocycles. The number of H-pyrrole nitrogens is 1. The van der Waals surface area contributed by atoms with E-state index in [0.29, 0.717) is 11.2 Å². The molecule has 2 aromatic heterocycles. The van der Waals surface area contributed by atoms with Gasteiger partial charge in [-0.2, -0.15) is 0 Å². The van der Waals surface area contributed by atoms with E-state index in [1.807, 2.05) is 68.6 Å². The van der Waals surface area contributed by atoms with Crippen LogP contribution < -0.4 is 15.6 Å². The molecule has 0 aliphatic rings. The van der Waals surface area contributed by atoms with Crippen molar-refractivity contribution in [3.8, 4) is 16.9 Å². The highest BCUT2D eigenvalue weighted by molar-refractivity contribution is 7.17. The molecule has 0 fully saturated rings. The minimum atomic E-state index is -0.535. The zero-order valence-corrected chi connectivity index (χ0v) is 18.7. The number of aromatic amines is 1. The van der Waals surface area contributed by atoms with Gasteiger partial charge < -0.3 is 19.8 Å². The van der Waals surface area contributed by atoms with E-state index < -0.39 is 11.7 Å². The van der Waals surface area contributed by atoms with E-state index in [2.05, 4.69) is 10.3 Å².